The van der Waals surface area contributed by atoms with Crippen LogP contribution < -0.4 is 4.72 Å². The smallest absolute Gasteiger partial charge is 0.256 e. The lowest BCUT2D eigenvalue weighted by Gasteiger charge is -2.28. The number of carbonyl (C=O) groups is 1. The molecule has 0 saturated heterocycles. The topological polar surface area (TPSA) is 84.3 Å². The summed E-state index contributed by atoms with van der Waals surface area (Å²) < 4.78 is 27.1. The molecule has 146 valence electrons. The van der Waals surface area contributed by atoms with Crippen molar-refractivity contribution in [3.05, 3.63) is 65.1 Å². The third-order valence-electron chi connectivity index (χ3n) is 5.05. The Morgan fingerprint density at radius 3 is 2.86 bits per heavy atom. The van der Waals surface area contributed by atoms with E-state index in [4.69, 9.17) is 0 Å². The monoisotopic (exact) mass is 398 g/mol. The van der Waals surface area contributed by atoms with E-state index in [9.17, 15) is 13.2 Å². The molecule has 0 radical (unpaired) electrons. The van der Waals surface area contributed by atoms with Crippen LogP contribution in [0.5, 0.6) is 0 Å². The molecule has 4 rings (SSSR count). The molecule has 1 amide bonds. The number of nitrogens with zero attached hydrogens (tertiary/aromatic N) is 3. The van der Waals surface area contributed by atoms with E-state index in [2.05, 4.69) is 9.71 Å². The molecule has 0 spiro atoms. The van der Waals surface area contributed by atoms with E-state index in [1.165, 1.54) is 0 Å². The van der Waals surface area contributed by atoms with Crippen molar-refractivity contribution in [2.75, 3.05) is 12.8 Å². The Labute approximate surface area is 164 Å². The highest BCUT2D eigenvalue weighted by Gasteiger charge is 2.25. The quantitative estimate of drug-likeness (QED) is 0.727. The second kappa shape index (κ2) is 7.03. The highest BCUT2D eigenvalue weighted by molar-refractivity contribution is 7.88. The Bertz CT molecular complexity index is 1170. The first-order valence-corrected chi connectivity index (χ1v) is 11.0. The summed E-state index contributed by atoms with van der Waals surface area (Å²) in [6.45, 7) is 1.27. The van der Waals surface area contributed by atoms with Gasteiger partial charge in [0.2, 0.25) is 10.0 Å². The van der Waals surface area contributed by atoms with Gasteiger partial charge in [0.05, 0.1) is 11.8 Å². The molecule has 0 aliphatic carbocycles. The summed E-state index contributed by atoms with van der Waals surface area (Å²) in [6.07, 6.45) is 5.39. The van der Waals surface area contributed by atoms with Gasteiger partial charge in [0, 0.05) is 62.1 Å². The molecule has 1 aromatic carbocycles. The number of benzene rings is 1. The summed E-state index contributed by atoms with van der Waals surface area (Å²) in [7, 11) is -1.33. The number of para-hydroxylation sites is 1. The van der Waals surface area contributed by atoms with Crippen molar-refractivity contribution >= 4 is 26.8 Å². The lowest BCUT2D eigenvalue weighted by molar-refractivity contribution is 0.0735. The molecule has 2 aromatic heterocycles. The molecule has 3 aromatic rings. The Morgan fingerprint density at radius 2 is 2.07 bits per heavy atom. The molecule has 1 aliphatic heterocycles. The Morgan fingerprint density at radius 1 is 1.29 bits per heavy atom. The van der Waals surface area contributed by atoms with E-state index in [-0.39, 0.29) is 12.5 Å². The van der Waals surface area contributed by atoms with E-state index in [1.54, 1.807) is 6.20 Å². The van der Waals surface area contributed by atoms with Crippen molar-refractivity contribution in [2.24, 2.45) is 7.05 Å². The van der Waals surface area contributed by atoms with Crippen LogP contribution in [-0.4, -0.2) is 41.6 Å². The number of nitrogens with one attached hydrogen (secondary N) is 1. The number of carbonyl (C=O) groups excluding carboxylic acids is 1. The second-order valence-corrected chi connectivity index (χ2v) is 9.02. The minimum atomic E-state index is -3.27. The van der Waals surface area contributed by atoms with Gasteiger partial charge in [-0.3, -0.25) is 9.78 Å². The van der Waals surface area contributed by atoms with Gasteiger partial charge in [-0.2, -0.15) is 0 Å². The van der Waals surface area contributed by atoms with Crippen molar-refractivity contribution < 1.29 is 13.2 Å². The molecular formula is C20H22N4O3S. The largest absolute Gasteiger partial charge is 0.350 e. The molecule has 7 nitrogen and oxygen atoms in total. The number of fused-ring (bicyclic) bond motifs is 2. The van der Waals surface area contributed by atoms with Crippen molar-refractivity contribution in [2.45, 2.75) is 19.5 Å². The Hall–Kier alpha value is -2.71. The van der Waals surface area contributed by atoms with E-state index >= 15 is 0 Å². The van der Waals surface area contributed by atoms with Crippen LogP contribution in [0.25, 0.3) is 10.9 Å². The maximum atomic E-state index is 13.2. The standard InChI is InChI=1S/C20H22N4O3S/c1-23-13-17(16-5-3-4-6-19(16)23)20(25)24-8-7-18-15(12-24)9-14(10-21-18)11-22-28(2,26)27/h3-6,9-10,13,22H,7-8,11-12H2,1-2H3. The summed E-state index contributed by atoms with van der Waals surface area (Å²) in [6, 6.07) is 9.81. The first-order chi connectivity index (χ1) is 13.3. The highest BCUT2D eigenvalue weighted by atomic mass is 32.2. The fourth-order valence-corrected chi connectivity index (χ4v) is 4.07. The summed E-state index contributed by atoms with van der Waals surface area (Å²) >= 11 is 0. The Balaban J connectivity index is 1.58. The van der Waals surface area contributed by atoms with Crippen LogP contribution in [0.2, 0.25) is 0 Å². The lowest BCUT2D eigenvalue weighted by Crippen LogP contribution is -2.36. The van der Waals surface area contributed by atoms with Crippen LogP contribution in [0.1, 0.15) is 27.2 Å². The molecular weight excluding hydrogens is 376 g/mol. The third kappa shape index (κ3) is 3.65. The zero-order valence-corrected chi connectivity index (χ0v) is 16.7. The van der Waals surface area contributed by atoms with Crippen LogP contribution in [0, 0.1) is 0 Å². The van der Waals surface area contributed by atoms with E-state index in [0.717, 1.165) is 34.0 Å². The maximum Gasteiger partial charge on any atom is 0.256 e. The lowest BCUT2D eigenvalue weighted by atomic mass is 10.0. The number of aromatic nitrogens is 2. The normalized spacial score (nSPS) is 14.3. The van der Waals surface area contributed by atoms with Crippen molar-refractivity contribution in [3.8, 4) is 0 Å². The summed E-state index contributed by atoms with van der Waals surface area (Å²) in [5.74, 6) is 0.00196. The molecule has 0 atom stereocenters. The number of hydrogen-bond acceptors (Lipinski definition) is 4. The zero-order chi connectivity index (χ0) is 19.9. The molecule has 0 fully saturated rings. The van der Waals surface area contributed by atoms with Crippen LogP contribution >= 0.6 is 0 Å². The average molecular weight is 398 g/mol. The van der Waals surface area contributed by atoms with Crippen molar-refractivity contribution in [1.82, 2.24) is 19.2 Å². The number of hydrogen-bond donors (Lipinski definition) is 1. The fraction of sp³-hybridized carbons (Fsp3) is 0.300. The van der Waals surface area contributed by atoms with Crippen LogP contribution in [0.3, 0.4) is 0 Å². The van der Waals surface area contributed by atoms with Crippen molar-refractivity contribution in [3.63, 3.8) is 0 Å². The van der Waals surface area contributed by atoms with E-state index in [1.807, 2.05) is 53.0 Å². The number of rotatable bonds is 4. The van der Waals surface area contributed by atoms with Crippen LogP contribution in [0.15, 0.2) is 42.7 Å². The summed E-state index contributed by atoms with van der Waals surface area (Å²) in [5.41, 5.74) is 4.44. The predicted octanol–water partition coefficient (Wildman–Crippen LogP) is 1.82. The van der Waals surface area contributed by atoms with Gasteiger partial charge >= 0.3 is 0 Å². The number of pyridine rings is 1. The van der Waals surface area contributed by atoms with Gasteiger partial charge in [0.1, 0.15) is 0 Å². The fourth-order valence-electron chi connectivity index (χ4n) is 3.64. The minimum absolute atomic E-state index is 0.00196. The van der Waals surface area contributed by atoms with Crippen LogP contribution in [-0.2, 0) is 36.6 Å². The van der Waals surface area contributed by atoms with Crippen molar-refractivity contribution in [1.29, 1.82) is 0 Å². The van der Waals surface area contributed by atoms with Crippen LogP contribution in [0.4, 0.5) is 0 Å². The predicted molar refractivity (Wildman–Crippen MR) is 107 cm³/mol. The molecule has 3 heterocycles. The molecule has 0 saturated carbocycles. The number of aryl methyl sites for hydroxylation is 1. The SMILES string of the molecule is Cn1cc(C(=O)N2CCc3ncc(CNS(C)(=O)=O)cc3C2)c2ccccc21. The van der Waals surface area contributed by atoms with Gasteiger partial charge in [-0.15, -0.1) is 0 Å². The van der Waals surface area contributed by atoms with E-state index < -0.39 is 10.0 Å². The summed E-state index contributed by atoms with van der Waals surface area (Å²) in [5, 5.41) is 0.949. The summed E-state index contributed by atoms with van der Waals surface area (Å²) in [4.78, 5) is 19.5. The highest BCUT2D eigenvalue weighted by Crippen LogP contribution is 2.25. The van der Waals surface area contributed by atoms with Gasteiger partial charge < -0.3 is 9.47 Å². The second-order valence-electron chi connectivity index (χ2n) is 7.19. The van der Waals surface area contributed by atoms with Gasteiger partial charge in [-0.05, 0) is 23.3 Å². The van der Waals surface area contributed by atoms with Gasteiger partial charge in [0.25, 0.3) is 5.91 Å². The molecule has 0 bridgehead atoms. The Kier molecular flexibility index (Phi) is 4.68. The average Bonchev–Trinajstić information content (AvgIpc) is 3.01. The van der Waals surface area contributed by atoms with Gasteiger partial charge in [-0.25, -0.2) is 13.1 Å². The zero-order valence-electron chi connectivity index (χ0n) is 15.8. The third-order valence-corrected chi connectivity index (χ3v) is 5.72. The number of sulfonamides is 1. The molecule has 28 heavy (non-hydrogen) atoms. The molecule has 1 N–H and O–H groups in total. The molecule has 8 heteroatoms. The molecule has 1 aliphatic rings. The number of amides is 1. The van der Waals surface area contributed by atoms with Gasteiger partial charge in [0.15, 0.2) is 0 Å². The van der Waals surface area contributed by atoms with Gasteiger partial charge in [-0.1, -0.05) is 18.2 Å². The first kappa shape index (κ1) is 18.6. The molecule has 0 unspecified atom stereocenters. The first-order valence-electron chi connectivity index (χ1n) is 9.06. The minimum Gasteiger partial charge on any atom is -0.350 e. The van der Waals surface area contributed by atoms with E-state index in [0.29, 0.717) is 25.1 Å². The maximum absolute atomic E-state index is 13.2.